The summed E-state index contributed by atoms with van der Waals surface area (Å²) in [5.74, 6) is -0.364. The normalized spacial score (nSPS) is 15.1. The number of hydrogen-bond acceptors (Lipinski definition) is 3. The van der Waals surface area contributed by atoms with Crippen molar-refractivity contribution < 1.29 is 14.0 Å². The molecular formula is C26H29FN4O2. The zero-order valence-electron chi connectivity index (χ0n) is 18.8. The average molecular weight is 449 g/mol. The van der Waals surface area contributed by atoms with E-state index in [1.807, 2.05) is 37.3 Å². The van der Waals surface area contributed by atoms with Crippen molar-refractivity contribution in [2.24, 2.45) is 0 Å². The van der Waals surface area contributed by atoms with E-state index in [2.05, 4.69) is 10.3 Å². The zero-order chi connectivity index (χ0) is 23.2. The Morgan fingerprint density at radius 1 is 1.12 bits per heavy atom. The lowest BCUT2D eigenvalue weighted by Crippen LogP contribution is -2.48. The molecule has 4 rings (SSSR count). The van der Waals surface area contributed by atoms with Crippen LogP contribution in [0.3, 0.4) is 0 Å². The number of amides is 2. The Kier molecular flexibility index (Phi) is 7.17. The molecule has 1 fully saturated rings. The summed E-state index contributed by atoms with van der Waals surface area (Å²) in [5, 5.41) is 3.16. The molecule has 6 nitrogen and oxygen atoms in total. The average Bonchev–Trinajstić information content (AvgIpc) is 3.22. The molecule has 0 spiro atoms. The van der Waals surface area contributed by atoms with Crippen molar-refractivity contribution in [2.75, 3.05) is 4.90 Å². The van der Waals surface area contributed by atoms with Crippen LogP contribution in [0, 0.1) is 12.7 Å². The molecule has 1 aromatic heterocycles. The number of aryl methyl sites for hydroxylation is 1. The minimum Gasteiger partial charge on any atom is -0.351 e. The van der Waals surface area contributed by atoms with Crippen LogP contribution in [0.25, 0.3) is 0 Å². The molecule has 1 aliphatic rings. The topological polar surface area (TPSA) is 67.2 Å². The van der Waals surface area contributed by atoms with Gasteiger partial charge in [-0.05, 0) is 43.5 Å². The van der Waals surface area contributed by atoms with Crippen LogP contribution in [0.2, 0.25) is 0 Å². The fraction of sp³-hybridized carbons (Fsp3) is 0.346. The highest BCUT2D eigenvalue weighted by molar-refractivity contribution is 6.01. The van der Waals surface area contributed by atoms with Gasteiger partial charge in [0.1, 0.15) is 24.2 Å². The van der Waals surface area contributed by atoms with Crippen molar-refractivity contribution in [3.63, 3.8) is 0 Å². The first-order chi connectivity index (χ1) is 16.0. The summed E-state index contributed by atoms with van der Waals surface area (Å²) in [6, 6.07) is 14.2. The zero-order valence-corrected chi connectivity index (χ0v) is 18.8. The lowest BCUT2D eigenvalue weighted by molar-refractivity contribution is -0.127. The predicted octanol–water partition coefficient (Wildman–Crippen LogP) is 4.55. The summed E-state index contributed by atoms with van der Waals surface area (Å²) in [6.45, 7) is 1.80. The number of rotatable bonds is 7. The van der Waals surface area contributed by atoms with Crippen LogP contribution in [0.15, 0.2) is 67.0 Å². The molecule has 1 atom stereocenters. The maximum Gasteiger partial charge on any atom is 0.248 e. The largest absolute Gasteiger partial charge is 0.351 e. The fourth-order valence-corrected chi connectivity index (χ4v) is 4.44. The van der Waals surface area contributed by atoms with Gasteiger partial charge in [0.2, 0.25) is 11.8 Å². The second-order valence-corrected chi connectivity index (χ2v) is 8.50. The number of nitrogens with zero attached hydrogens (tertiary/aromatic N) is 3. The maximum atomic E-state index is 14.2. The molecule has 1 N–H and O–H groups in total. The number of carbonyl (C=O) groups excluding carboxylic acids is 2. The van der Waals surface area contributed by atoms with Gasteiger partial charge in [0.05, 0.1) is 0 Å². The van der Waals surface area contributed by atoms with Gasteiger partial charge in [0.15, 0.2) is 0 Å². The summed E-state index contributed by atoms with van der Waals surface area (Å²) in [6.07, 6.45) is 8.52. The molecule has 1 saturated carbocycles. The highest BCUT2D eigenvalue weighted by atomic mass is 19.1. The van der Waals surface area contributed by atoms with Crippen LogP contribution in [0.1, 0.15) is 49.5 Å². The van der Waals surface area contributed by atoms with Crippen LogP contribution >= 0.6 is 0 Å². The standard InChI is InChI=1S/C26H29FN4O2/c1-19-28-15-16-30(19)18-24(32)31(23-14-8-11-21(27)17-23)25(20-9-4-2-5-10-20)26(33)29-22-12-6-3-7-13-22/h2,4-5,8-11,14-17,22,25H,3,6-7,12-13,18H2,1H3,(H,29,33). The van der Waals surface area contributed by atoms with Crippen molar-refractivity contribution in [3.05, 3.63) is 84.2 Å². The first-order valence-corrected chi connectivity index (χ1v) is 11.4. The Morgan fingerprint density at radius 2 is 1.88 bits per heavy atom. The van der Waals surface area contributed by atoms with E-state index < -0.39 is 11.9 Å². The molecule has 33 heavy (non-hydrogen) atoms. The monoisotopic (exact) mass is 448 g/mol. The molecule has 0 aliphatic heterocycles. The van der Waals surface area contributed by atoms with Crippen LogP contribution in [-0.2, 0) is 16.1 Å². The summed E-state index contributed by atoms with van der Waals surface area (Å²) in [7, 11) is 0. The molecule has 3 aromatic rings. The van der Waals surface area contributed by atoms with Gasteiger partial charge in [-0.3, -0.25) is 14.5 Å². The minimum atomic E-state index is -0.925. The molecular weight excluding hydrogens is 419 g/mol. The third-order valence-electron chi connectivity index (χ3n) is 6.16. The molecule has 0 saturated heterocycles. The number of halogens is 1. The van der Waals surface area contributed by atoms with Gasteiger partial charge < -0.3 is 9.88 Å². The third kappa shape index (κ3) is 5.48. The Balaban J connectivity index is 1.74. The van der Waals surface area contributed by atoms with Crippen LogP contribution in [-0.4, -0.2) is 27.4 Å². The quantitative estimate of drug-likeness (QED) is 0.576. The van der Waals surface area contributed by atoms with E-state index in [9.17, 15) is 14.0 Å². The Morgan fingerprint density at radius 3 is 2.55 bits per heavy atom. The lowest BCUT2D eigenvalue weighted by atomic mass is 9.94. The maximum absolute atomic E-state index is 14.2. The summed E-state index contributed by atoms with van der Waals surface area (Å²) < 4.78 is 15.9. The number of benzene rings is 2. The Hall–Kier alpha value is -3.48. The molecule has 172 valence electrons. The Bertz CT molecular complexity index is 1090. The first kappa shape index (κ1) is 22.7. The van der Waals surface area contributed by atoms with E-state index in [4.69, 9.17) is 0 Å². The van der Waals surface area contributed by atoms with Crippen molar-refractivity contribution in [1.82, 2.24) is 14.9 Å². The van der Waals surface area contributed by atoms with Gasteiger partial charge in [-0.1, -0.05) is 55.7 Å². The number of anilines is 1. The molecule has 7 heteroatoms. The van der Waals surface area contributed by atoms with Crippen molar-refractivity contribution >= 4 is 17.5 Å². The van der Waals surface area contributed by atoms with Crippen molar-refractivity contribution in [2.45, 2.75) is 57.7 Å². The molecule has 1 aliphatic carbocycles. The van der Waals surface area contributed by atoms with Crippen molar-refractivity contribution in [1.29, 1.82) is 0 Å². The minimum absolute atomic E-state index is 0.0115. The van der Waals surface area contributed by atoms with Gasteiger partial charge in [-0.15, -0.1) is 0 Å². The van der Waals surface area contributed by atoms with E-state index in [-0.39, 0.29) is 24.4 Å². The van der Waals surface area contributed by atoms with E-state index in [0.717, 1.165) is 25.7 Å². The first-order valence-electron chi connectivity index (χ1n) is 11.4. The lowest BCUT2D eigenvalue weighted by Gasteiger charge is -2.33. The number of carbonyl (C=O) groups is 2. The van der Waals surface area contributed by atoms with Crippen LogP contribution < -0.4 is 10.2 Å². The number of imidazole rings is 1. The highest BCUT2D eigenvalue weighted by Gasteiger charge is 2.34. The summed E-state index contributed by atoms with van der Waals surface area (Å²) >= 11 is 0. The number of nitrogens with one attached hydrogen (secondary N) is 1. The number of aromatic nitrogens is 2. The van der Waals surface area contributed by atoms with Gasteiger partial charge in [0.25, 0.3) is 0 Å². The molecule has 0 radical (unpaired) electrons. The molecule has 2 amide bonds. The van der Waals surface area contributed by atoms with E-state index >= 15 is 0 Å². The molecule has 2 aromatic carbocycles. The predicted molar refractivity (Wildman–Crippen MR) is 125 cm³/mol. The highest BCUT2D eigenvalue weighted by Crippen LogP contribution is 2.30. The summed E-state index contributed by atoms with van der Waals surface area (Å²) in [4.78, 5) is 32.9. The van der Waals surface area contributed by atoms with Crippen LogP contribution in [0.5, 0.6) is 0 Å². The SMILES string of the molecule is Cc1nccn1CC(=O)N(c1cccc(F)c1)C(C(=O)NC1CCCCC1)c1ccccc1. The van der Waals surface area contributed by atoms with E-state index in [1.54, 1.807) is 29.1 Å². The molecule has 1 heterocycles. The van der Waals surface area contributed by atoms with Gasteiger partial charge in [-0.25, -0.2) is 9.37 Å². The van der Waals surface area contributed by atoms with Crippen molar-refractivity contribution in [3.8, 4) is 0 Å². The Labute approximate surface area is 193 Å². The van der Waals surface area contributed by atoms with E-state index in [1.165, 1.54) is 23.5 Å². The third-order valence-corrected chi connectivity index (χ3v) is 6.16. The second-order valence-electron chi connectivity index (χ2n) is 8.50. The smallest absolute Gasteiger partial charge is 0.248 e. The van der Waals surface area contributed by atoms with Gasteiger partial charge >= 0.3 is 0 Å². The van der Waals surface area contributed by atoms with Crippen LogP contribution in [0.4, 0.5) is 10.1 Å². The van der Waals surface area contributed by atoms with Gasteiger partial charge in [-0.2, -0.15) is 0 Å². The number of hydrogen-bond donors (Lipinski definition) is 1. The molecule has 0 bridgehead atoms. The second kappa shape index (κ2) is 10.4. The van der Waals surface area contributed by atoms with E-state index in [0.29, 0.717) is 17.1 Å². The fourth-order valence-electron chi connectivity index (χ4n) is 4.44. The van der Waals surface area contributed by atoms with Gasteiger partial charge in [0, 0.05) is 24.1 Å². The molecule has 1 unspecified atom stereocenters. The summed E-state index contributed by atoms with van der Waals surface area (Å²) in [5.41, 5.74) is 1.01.